The Morgan fingerprint density at radius 2 is 1.96 bits per heavy atom. The summed E-state index contributed by atoms with van der Waals surface area (Å²) in [5, 5.41) is 1.23. The quantitative estimate of drug-likeness (QED) is 0.695. The second kappa shape index (κ2) is 6.22. The molecule has 2 aromatic carbocycles. The van der Waals surface area contributed by atoms with Crippen LogP contribution in [0.5, 0.6) is 0 Å². The molecule has 5 rings (SSSR count). The van der Waals surface area contributed by atoms with Crippen LogP contribution in [0.1, 0.15) is 29.2 Å². The molecule has 2 heterocycles. The number of methoxy groups -OCH3 is 1. The first kappa shape index (κ1) is 16.0. The van der Waals surface area contributed by atoms with Gasteiger partial charge in [-0.15, -0.1) is 0 Å². The number of piperidine rings is 1. The van der Waals surface area contributed by atoms with E-state index >= 15 is 0 Å². The molecule has 0 amide bonds. The molecule has 1 aliphatic heterocycles. The molecule has 3 nitrogen and oxygen atoms in total. The van der Waals surface area contributed by atoms with Crippen LogP contribution >= 0.6 is 0 Å². The number of rotatable bonds is 3. The summed E-state index contributed by atoms with van der Waals surface area (Å²) in [6.45, 7) is 1.70. The highest BCUT2D eigenvalue weighted by Crippen LogP contribution is 2.45. The molecule has 2 bridgehead atoms. The summed E-state index contributed by atoms with van der Waals surface area (Å²) in [4.78, 5) is 2.49. The Balaban J connectivity index is 1.50. The summed E-state index contributed by atoms with van der Waals surface area (Å²) in [7, 11) is 1.79. The van der Waals surface area contributed by atoms with E-state index < -0.39 is 0 Å². The first-order valence-corrected chi connectivity index (χ1v) is 9.24. The molecule has 134 valence electrons. The van der Waals surface area contributed by atoms with Crippen LogP contribution in [-0.2, 0) is 17.7 Å². The Hall–Kier alpha value is -2.17. The maximum absolute atomic E-state index is 13.2. The molecule has 1 aliphatic carbocycles. The van der Waals surface area contributed by atoms with Gasteiger partial charge in [0.15, 0.2) is 0 Å². The number of ether oxygens (including phenoxy) is 1. The van der Waals surface area contributed by atoms with E-state index in [1.54, 1.807) is 19.2 Å². The van der Waals surface area contributed by atoms with E-state index in [1.165, 1.54) is 10.9 Å². The molecule has 3 aromatic rings. The van der Waals surface area contributed by atoms with Gasteiger partial charge in [0.25, 0.3) is 0 Å². The lowest BCUT2D eigenvalue weighted by Crippen LogP contribution is -2.52. The van der Waals surface area contributed by atoms with Gasteiger partial charge in [-0.1, -0.05) is 30.3 Å². The molecule has 1 saturated heterocycles. The number of nitrogens with zero attached hydrogens (tertiary/aromatic N) is 1. The molecule has 0 radical (unpaired) electrons. The third kappa shape index (κ3) is 2.56. The molecular weight excluding hydrogens is 329 g/mol. The molecule has 1 aromatic heterocycles. The van der Waals surface area contributed by atoms with Crippen LogP contribution in [0.15, 0.2) is 52.9 Å². The summed E-state index contributed by atoms with van der Waals surface area (Å²) < 4.78 is 25.3. The van der Waals surface area contributed by atoms with Gasteiger partial charge in [-0.05, 0) is 36.6 Å². The Morgan fingerprint density at radius 3 is 2.77 bits per heavy atom. The molecule has 4 heteroatoms. The van der Waals surface area contributed by atoms with Crippen molar-refractivity contribution in [2.45, 2.75) is 37.5 Å². The Labute approximate surface area is 152 Å². The lowest BCUT2D eigenvalue weighted by atomic mass is 9.77. The first-order chi connectivity index (χ1) is 12.7. The fraction of sp³-hybridized carbons (Fsp3) is 0.364. The zero-order valence-corrected chi connectivity index (χ0v) is 14.8. The fourth-order valence-electron chi connectivity index (χ4n) is 4.71. The molecule has 0 saturated carbocycles. The van der Waals surface area contributed by atoms with Gasteiger partial charge in [-0.3, -0.25) is 4.90 Å². The first-order valence-electron chi connectivity index (χ1n) is 9.24. The van der Waals surface area contributed by atoms with Crippen molar-refractivity contribution in [3.05, 3.63) is 71.2 Å². The minimum Gasteiger partial charge on any atom is -0.460 e. The zero-order chi connectivity index (χ0) is 17.7. The van der Waals surface area contributed by atoms with Crippen molar-refractivity contribution in [3.8, 4) is 0 Å². The largest absolute Gasteiger partial charge is 0.460 e. The van der Waals surface area contributed by atoms with E-state index in [0.717, 1.165) is 42.8 Å². The van der Waals surface area contributed by atoms with Gasteiger partial charge in [0.2, 0.25) is 0 Å². The number of fused-ring (bicyclic) bond motifs is 6. The number of hydrogen-bond acceptors (Lipinski definition) is 3. The van der Waals surface area contributed by atoms with Gasteiger partial charge >= 0.3 is 0 Å². The van der Waals surface area contributed by atoms with E-state index in [2.05, 4.69) is 23.1 Å². The molecular formula is C22H22FNO2. The predicted molar refractivity (Wildman–Crippen MR) is 98.7 cm³/mol. The number of para-hydroxylation sites is 1. The summed E-state index contributed by atoms with van der Waals surface area (Å²) in [6, 6.07) is 15.6. The Kier molecular flexibility index (Phi) is 3.84. The van der Waals surface area contributed by atoms with Gasteiger partial charge in [0.05, 0.1) is 6.10 Å². The van der Waals surface area contributed by atoms with Gasteiger partial charge in [-0.25, -0.2) is 4.39 Å². The molecule has 0 spiro atoms. The second-order valence-electron chi connectivity index (χ2n) is 7.47. The number of benzene rings is 2. The fourth-order valence-corrected chi connectivity index (χ4v) is 4.71. The van der Waals surface area contributed by atoms with Crippen LogP contribution in [0.2, 0.25) is 0 Å². The molecule has 1 fully saturated rings. The highest BCUT2D eigenvalue weighted by atomic mass is 19.1. The second-order valence-corrected chi connectivity index (χ2v) is 7.47. The number of likely N-dealkylation sites (tertiary alicyclic amines) is 1. The van der Waals surface area contributed by atoms with Crippen molar-refractivity contribution in [2.75, 3.05) is 13.7 Å². The van der Waals surface area contributed by atoms with Gasteiger partial charge in [0.1, 0.15) is 17.2 Å². The molecule has 0 N–H and O–H groups in total. The highest BCUT2D eigenvalue weighted by molar-refractivity contribution is 5.82. The van der Waals surface area contributed by atoms with E-state index in [0.29, 0.717) is 12.0 Å². The third-order valence-corrected chi connectivity index (χ3v) is 6.01. The van der Waals surface area contributed by atoms with Crippen LogP contribution < -0.4 is 0 Å². The monoisotopic (exact) mass is 351 g/mol. The van der Waals surface area contributed by atoms with Gasteiger partial charge in [-0.2, -0.15) is 0 Å². The van der Waals surface area contributed by atoms with Crippen molar-refractivity contribution in [1.29, 1.82) is 0 Å². The van der Waals surface area contributed by atoms with Crippen molar-refractivity contribution in [3.63, 3.8) is 0 Å². The minimum absolute atomic E-state index is 0.117. The average Bonchev–Trinajstić information content (AvgIpc) is 3.04. The van der Waals surface area contributed by atoms with E-state index in [1.807, 2.05) is 18.2 Å². The van der Waals surface area contributed by atoms with Crippen LogP contribution in [0.25, 0.3) is 11.0 Å². The molecule has 3 atom stereocenters. The van der Waals surface area contributed by atoms with Crippen LogP contribution in [0.3, 0.4) is 0 Å². The van der Waals surface area contributed by atoms with Crippen molar-refractivity contribution in [2.24, 2.45) is 0 Å². The lowest BCUT2D eigenvalue weighted by Gasteiger charge is -2.46. The van der Waals surface area contributed by atoms with Gasteiger partial charge in [0, 0.05) is 43.1 Å². The van der Waals surface area contributed by atoms with E-state index in [4.69, 9.17) is 9.15 Å². The average molecular weight is 351 g/mol. The smallest absolute Gasteiger partial charge is 0.134 e. The Bertz CT molecular complexity index is 933. The zero-order valence-electron chi connectivity index (χ0n) is 14.8. The van der Waals surface area contributed by atoms with Gasteiger partial charge < -0.3 is 9.15 Å². The van der Waals surface area contributed by atoms with E-state index in [-0.39, 0.29) is 11.9 Å². The predicted octanol–water partition coefficient (Wildman–Crippen LogP) is 4.50. The standard InChI is InChI=1S/C22H22FNO2/c1-25-21-13-24(12-14-6-8-15(23)9-7-14)16-10-18-17-4-2-3-5-20(17)26-22(18)19(21)11-16/h2-9,16,19,21H,10-13H2,1H3/t16-,19+,21-/m0/s1. The lowest BCUT2D eigenvalue weighted by molar-refractivity contribution is -0.0251. The summed E-state index contributed by atoms with van der Waals surface area (Å²) in [5.74, 6) is 1.25. The topological polar surface area (TPSA) is 25.6 Å². The molecule has 0 unspecified atom stereocenters. The highest BCUT2D eigenvalue weighted by Gasteiger charge is 2.43. The van der Waals surface area contributed by atoms with Crippen molar-refractivity contribution < 1.29 is 13.5 Å². The minimum atomic E-state index is -0.186. The maximum Gasteiger partial charge on any atom is 0.134 e. The number of hydrogen-bond donors (Lipinski definition) is 0. The van der Waals surface area contributed by atoms with E-state index in [9.17, 15) is 4.39 Å². The Morgan fingerprint density at radius 1 is 1.15 bits per heavy atom. The normalized spacial score (nSPS) is 25.4. The summed E-state index contributed by atoms with van der Waals surface area (Å²) >= 11 is 0. The van der Waals surface area contributed by atoms with Crippen LogP contribution in [-0.4, -0.2) is 30.7 Å². The maximum atomic E-state index is 13.2. The molecule has 2 aliphatic rings. The summed E-state index contributed by atoms with van der Waals surface area (Å²) in [5.41, 5.74) is 3.46. The van der Waals surface area contributed by atoms with Crippen molar-refractivity contribution >= 4 is 11.0 Å². The SMILES string of the molecule is CO[C@H]1CN(Cc2ccc(F)cc2)[C@H]2Cc3c(oc4ccccc34)[C@@H]1C2. The third-order valence-electron chi connectivity index (χ3n) is 6.01. The number of halogens is 1. The van der Waals surface area contributed by atoms with Crippen molar-refractivity contribution in [1.82, 2.24) is 4.90 Å². The molecule has 26 heavy (non-hydrogen) atoms. The summed E-state index contributed by atoms with van der Waals surface area (Å²) in [6.07, 6.45) is 2.17. The van der Waals surface area contributed by atoms with Crippen LogP contribution in [0.4, 0.5) is 4.39 Å². The van der Waals surface area contributed by atoms with Crippen LogP contribution in [0, 0.1) is 5.82 Å². The number of furan rings is 1.